The lowest BCUT2D eigenvalue weighted by atomic mass is 10.0. The van der Waals surface area contributed by atoms with E-state index in [1.807, 2.05) is 14.0 Å². The molecule has 0 bridgehead atoms. The molecule has 1 aliphatic rings. The minimum absolute atomic E-state index is 0.395. The molecule has 0 aromatic carbocycles. The van der Waals surface area contributed by atoms with Crippen LogP contribution in [0.4, 0.5) is 5.82 Å². The maximum Gasteiger partial charge on any atom is 0.254 e. The van der Waals surface area contributed by atoms with Gasteiger partial charge < -0.3 is 16.0 Å². The quantitative estimate of drug-likeness (QED) is 0.826. The van der Waals surface area contributed by atoms with Gasteiger partial charge in [-0.05, 0) is 32.7 Å². The van der Waals surface area contributed by atoms with Gasteiger partial charge in [-0.15, -0.1) is 0 Å². The number of carbonyl (C=O) groups excluding carboxylic acids is 1. The van der Waals surface area contributed by atoms with Gasteiger partial charge in [0.15, 0.2) is 0 Å². The lowest BCUT2D eigenvalue weighted by Gasteiger charge is -2.32. The number of hydrogen-bond donors (Lipinski definition) is 2. The first kappa shape index (κ1) is 15.8. The van der Waals surface area contributed by atoms with Crippen molar-refractivity contribution in [1.29, 1.82) is 0 Å². The number of piperidine rings is 1. The van der Waals surface area contributed by atoms with Crippen molar-refractivity contribution in [3.05, 3.63) is 11.3 Å². The molecule has 1 aromatic heterocycles. The lowest BCUT2D eigenvalue weighted by Crippen LogP contribution is -2.45. The monoisotopic (exact) mass is 293 g/mol. The molecule has 21 heavy (non-hydrogen) atoms. The predicted octanol–water partition coefficient (Wildman–Crippen LogP) is 1.19. The molecule has 6 heteroatoms. The van der Waals surface area contributed by atoms with Crippen molar-refractivity contribution in [3.8, 4) is 0 Å². The Kier molecular flexibility index (Phi) is 5.22. The fourth-order valence-corrected chi connectivity index (χ4v) is 3.20. The van der Waals surface area contributed by atoms with Crippen molar-refractivity contribution >= 4 is 11.7 Å². The number of primary amides is 1. The van der Waals surface area contributed by atoms with Crippen molar-refractivity contribution in [2.45, 2.75) is 45.6 Å². The molecular formula is C15H27N5O. The second kappa shape index (κ2) is 6.93. The molecular weight excluding hydrogens is 266 g/mol. The Balaban J connectivity index is 2.26. The third-order valence-corrected chi connectivity index (χ3v) is 4.08. The summed E-state index contributed by atoms with van der Waals surface area (Å²) in [4.78, 5) is 14.0. The molecule has 118 valence electrons. The predicted molar refractivity (Wildman–Crippen MR) is 84.6 cm³/mol. The van der Waals surface area contributed by atoms with Gasteiger partial charge in [0.1, 0.15) is 11.4 Å². The summed E-state index contributed by atoms with van der Waals surface area (Å²) in [5, 5.41) is 7.95. The summed E-state index contributed by atoms with van der Waals surface area (Å²) >= 11 is 0. The summed E-state index contributed by atoms with van der Waals surface area (Å²) in [6.45, 7) is 6.86. The number of amides is 1. The first-order valence-corrected chi connectivity index (χ1v) is 7.86. The molecule has 2 heterocycles. The molecule has 1 unspecified atom stereocenters. The first-order chi connectivity index (χ1) is 10.0. The van der Waals surface area contributed by atoms with E-state index in [2.05, 4.69) is 22.2 Å². The van der Waals surface area contributed by atoms with Crippen LogP contribution in [0.25, 0.3) is 0 Å². The number of carbonyl (C=O) groups is 1. The molecule has 6 nitrogen and oxygen atoms in total. The number of nitrogens with two attached hydrogens (primary N) is 1. The zero-order valence-electron chi connectivity index (χ0n) is 13.4. The average Bonchev–Trinajstić information content (AvgIpc) is 2.74. The Morgan fingerprint density at radius 2 is 2.29 bits per heavy atom. The summed E-state index contributed by atoms with van der Waals surface area (Å²) in [6, 6.07) is 0.473. The summed E-state index contributed by atoms with van der Waals surface area (Å²) in [6.07, 6.45) is 4.73. The van der Waals surface area contributed by atoms with E-state index in [9.17, 15) is 4.79 Å². The van der Waals surface area contributed by atoms with Gasteiger partial charge in [-0.1, -0.05) is 13.3 Å². The number of rotatable bonds is 6. The van der Waals surface area contributed by atoms with Crippen LogP contribution in [0.2, 0.25) is 0 Å². The Morgan fingerprint density at radius 3 is 2.86 bits per heavy atom. The largest absolute Gasteiger partial charge is 0.365 e. The van der Waals surface area contributed by atoms with Crippen molar-refractivity contribution in [2.24, 2.45) is 12.8 Å². The topological polar surface area (TPSA) is 76.2 Å². The van der Waals surface area contributed by atoms with E-state index in [-0.39, 0.29) is 0 Å². The Hall–Kier alpha value is -1.56. The van der Waals surface area contributed by atoms with E-state index >= 15 is 0 Å². The third kappa shape index (κ3) is 3.56. The Labute approximate surface area is 126 Å². The van der Waals surface area contributed by atoms with Gasteiger partial charge in [0.2, 0.25) is 0 Å². The lowest BCUT2D eigenvalue weighted by molar-refractivity contribution is 0.1000. The molecule has 1 aromatic rings. The van der Waals surface area contributed by atoms with Crippen LogP contribution in [-0.2, 0) is 7.05 Å². The van der Waals surface area contributed by atoms with Crippen LogP contribution in [0.5, 0.6) is 0 Å². The van der Waals surface area contributed by atoms with Crippen LogP contribution < -0.4 is 16.0 Å². The first-order valence-electron chi connectivity index (χ1n) is 7.86. The van der Waals surface area contributed by atoms with E-state index in [0.29, 0.717) is 17.3 Å². The zero-order chi connectivity index (χ0) is 15.4. The normalized spacial score (nSPS) is 18.7. The van der Waals surface area contributed by atoms with Crippen LogP contribution in [0.3, 0.4) is 0 Å². The van der Waals surface area contributed by atoms with Gasteiger partial charge in [-0.2, -0.15) is 5.10 Å². The van der Waals surface area contributed by atoms with Crippen LogP contribution in [-0.4, -0.2) is 41.4 Å². The summed E-state index contributed by atoms with van der Waals surface area (Å²) in [5.41, 5.74) is 6.82. The summed E-state index contributed by atoms with van der Waals surface area (Å²) in [5.74, 6) is 0.461. The fourth-order valence-electron chi connectivity index (χ4n) is 3.20. The van der Waals surface area contributed by atoms with Gasteiger partial charge >= 0.3 is 0 Å². The molecule has 1 saturated heterocycles. The van der Waals surface area contributed by atoms with Gasteiger partial charge in [-0.25, -0.2) is 0 Å². The van der Waals surface area contributed by atoms with E-state index in [4.69, 9.17) is 5.73 Å². The number of aromatic nitrogens is 2. The van der Waals surface area contributed by atoms with Crippen molar-refractivity contribution < 1.29 is 4.79 Å². The molecule has 1 atom stereocenters. The number of anilines is 1. The molecule has 3 N–H and O–H groups in total. The van der Waals surface area contributed by atoms with Crippen LogP contribution in [0.1, 0.15) is 48.7 Å². The van der Waals surface area contributed by atoms with E-state index in [1.54, 1.807) is 4.68 Å². The maximum absolute atomic E-state index is 11.8. The molecule has 0 saturated carbocycles. The molecule has 0 aliphatic carbocycles. The van der Waals surface area contributed by atoms with Crippen LogP contribution in [0, 0.1) is 6.92 Å². The van der Waals surface area contributed by atoms with Crippen molar-refractivity contribution in [3.63, 3.8) is 0 Å². The second-order valence-corrected chi connectivity index (χ2v) is 5.86. The Bertz CT molecular complexity index is 490. The Morgan fingerprint density at radius 1 is 1.52 bits per heavy atom. The highest BCUT2D eigenvalue weighted by Crippen LogP contribution is 2.24. The average molecular weight is 293 g/mol. The molecule has 0 radical (unpaired) electrons. The summed E-state index contributed by atoms with van der Waals surface area (Å²) in [7, 11) is 1.88. The fraction of sp³-hybridized carbons (Fsp3) is 0.733. The van der Waals surface area contributed by atoms with Crippen molar-refractivity contribution in [2.75, 3.05) is 24.5 Å². The van der Waals surface area contributed by atoms with Gasteiger partial charge in [-0.3, -0.25) is 9.48 Å². The molecule has 2 rings (SSSR count). The van der Waals surface area contributed by atoms with Gasteiger partial charge in [0, 0.05) is 26.2 Å². The van der Waals surface area contributed by atoms with E-state index < -0.39 is 5.91 Å². The third-order valence-electron chi connectivity index (χ3n) is 4.08. The number of nitrogens with zero attached hydrogens (tertiary/aromatic N) is 3. The van der Waals surface area contributed by atoms with Gasteiger partial charge in [0.05, 0.1) is 5.69 Å². The second-order valence-electron chi connectivity index (χ2n) is 5.86. The minimum Gasteiger partial charge on any atom is -0.365 e. The van der Waals surface area contributed by atoms with Crippen LogP contribution in [0.15, 0.2) is 0 Å². The highest BCUT2D eigenvalue weighted by Gasteiger charge is 2.25. The zero-order valence-corrected chi connectivity index (χ0v) is 13.4. The molecule has 1 amide bonds. The number of nitrogens with one attached hydrogen (secondary N) is 1. The molecule has 1 fully saturated rings. The molecule has 0 spiro atoms. The summed E-state index contributed by atoms with van der Waals surface area (Å²) < 4.78 is 1.79. The highest BCUT2D eigenvalue weighted by molar-refractivity contribution is 5.99. The highest BCUT2D eigenvalue weighted by atomic mass is 16.1. The standard InChI is InChI=1S/C15H27N5O/c1-4-9-20(10-12-7-5-6-8-17-12)15-13(14(16)21)11(2)18-19(15)3/h12,17H,4-10H2,1-3H3,(H2,16,21). The van der Waals surface area contributed by atoms with E-state index in [1.165, 1.54) is 19.3 Å². The van der Waals surface area contributed by atoms with Crippen LogP contribution >= 0.6 is 0 Å². The number of hydrogen-bond acceptors (Lipinski definition) is 4. The van der Waals surface area contributed by atoms with Crippen molar-refractivity contribution in [1.82, 2.24) is 15.1 Å². The minimum atomic E-state index is -0.395. The number of aryl methyl sites for hydroxylation is 2. The molecule has 1 aliphatic heterocycles. The maximum atomic E-state index is 11.8. The van der Waals surface area contributed by atoms with Gasteiger partial charge in [0.25, 0.3) is 5.91 Å². The SMILES string of the molecule is CCCN(CC1CCCCN1)c1c(C(N)=O)c(C)nn1C. The van der Waals surface area contributed by atoms with E-state index in [0.717, 1.165) is 31.9 Å². The smallest absolute Gasteiger partial charge is 0.254 e.